The molecule has 3 heterocycles. The lowest BCUT2D eigenvalue weighted by Gasteiger charge is -2.21. The summed E-state index contributed by atoms with van der Waals surface area (Å²) < 4.78 is 12.5. The Morgan fingerprint density at radius 1 is 1.15 bits per heavy atom. The molecular weight excluding hydrogens is 462 g/mol. The third-order valence-corrected chi connectivity index (χ3v) is 6.61. The van der Waals surface area contributed by atoms with Crippen LogP contribution in [0.1, 0.15) is 5.56 Å². The second kappa shape index (κ2) is 8.88. The third kappa shape index (κ3) is 4.31. The summed E-state index contributed by atoms with van der Waals surface area (Å²) in [6.45, 7) is 1.32. The maximum Gasteiger partial charge on any atom is 0.263 e. The molecule has 0 bridgehead atoms. The van der Waals surface area contributed by atoms with Crippen molar-refractivity contribution in [2.75, 3.05) is 20.3 Å². The van der Waals surface area contributed by atoms with Gasteiger partial charge in [0.1, 0.15) is 24.6 Å². The van der Waals surface area contributed by atoms with Gasteiger partial charge in [0, 0.05) is 29.6 Å². The van der Waals surface area contributed by atoms with Crippen molar-refractivity contribution >= 4 is 39.1 Å². The largest absolute Gasteiger partial charge is 0.486 e. The van der Waals surface area contributed by atoms with Gasteiger partial charge in [0.25, 0.3) is 5.56 Å². The molecule has 0 fully saturated rings. The molecule has 0 saturated heterocycles. The minimum absolute atomic E-state index is 0.0985. The summed E-state index contributed by atoms with van der Waals surface area (Å²) in [5.41, 5.74) is 2.34. The lowest BCUT2D eigenvalue weighted by atomic mass is 10.1. The van der Waals surface area contributed by atoms with Crippen LogP contribution in [0.25, 0.3) is 21.3 Å². The highest BCUT2D eigenvalue weighted by molar-refractivity contribution is 7.17. The van der Waals surface area contributed by atoms with Crippen molar-refractivity contribution in [3.8, 4) is 22.6 Å². The van der Waals surface area contributed by atoms with Gasteiger partial charge in [0.15, 0.2) is 11.5 Å². The molecule has 168 valence electrons. The molecule has 0 spiro atoms. The fraction of sp³-hybridized carbons (Fsp3) is 0.208. The first-order valence-electron chi connectivity index (χ1n) is 10.3. The Labute approximate surface area is 198 Å². The molecular formula is C24H20ClN3O4S. The first kappa shape index (κ1) is 21.5. The van der Waals surface area contributed by atoms with Crippen LogP contribution in [-0.4, -0.2) is 40.6 Å². The van der Waals surface area contributed by atoms with Crippen molar-refractivity contribution in [3.63, 3.8) is 0 Å². The number of amides is 1. The van der Waals surface area contributed by atoms with Crippen LogP contribution in [0.3, 0.4) is 0 Å². The average Bonchev–Trinajstić information content (AvgIpc) is 3.26. The van der Waals surface area contributed by atoms with E-state index in [0.717, 1.165) is 16.7 Å². The highest BCUT2D eigenvalue weighted by Crippen LogP contribution is 2.32. The summed E-state index contributed by atoms with van der Waals surface area (Å²) in [4.78, 5) is 32.7. The van der Waals surface area contributed by atoms with Crippen LogP contribution in [-0.2, 0) is 17.9 Å². The fourth-order valence-electron chi connectivity index (χ4n) is 3.74. The number of hydrogen-bond donors (Lipinski definition) is 0. The highest BCUT2D eigenvalue weighted by Gasteiger charge is 2.18. The van der Waals surface area contributed by atoms with E-state index in [2.05, 4.69) is 4.98 Å². The number of ether oxygens (including phenoxy) is 2. The molecule has 4 aromatic rings. The number of carbonyl (C=O) groups excluding carboxylic acids is 1. The highest BCUT2D eigenvalue weighted by atomic mass is 35.5. The predicted molar refractivity (Wildman–Crippen MR) is 128 cm³/mol. The first-order chi connectivity index (χ1) is 16.0. The van der Waals surface area contributed by atoms with Gasteiger partial charge in [-0.2, -0.15) is 0 Å². The lowest BCUT2D eigenvalue weighted by molar-refractivity contribution is -0.131. The smallest absolute Gasteiger partial charge is 0.263 e. The van der Waals surface area contributed by atoms with Crippen molar-refractivity contribution in [2.45, 2.75) is 13.1 Å². The maximum atomic E-state index is 13.2. The molecule has 0 N–H and O–H groups in total. The number of likely N-dealkylation sites (N-methyl/N-ethyl adjacent to an activating group) is 1. The monoisotopic (exact) mass is 481 g/mol. The zero-order valence-electron chi connectivity index (χ0n) is 17.8. The van der Waals surface area contributed by atoms with Crippen molar-refractivity contribution < 1.29 is 14.3 Å². The molecule has 1 amide bonds. The third-order valence-electron chi connectivity index (χ3n) is 5.47. The number of carbonyl (C=O) groups is 1. The Morgan fingerprint density at radius 3 is 2.70 bits per heavy atom. The van der Waals surface area contributed by atoms with Crippen molar-refractivity contribution in [3.05, 3.63) is 75.1 Å². The van der Waals surface area contributed by atoms with E-state index in [9.17, 15) is 9.59 Å². The fourth-order valence-corrected chi connectivity index (χ4v) is 4.77. The van der Waals surface area contributed by atoms with E-state index in [1.165, 1.54) is 22.2 Å². The number of hydrogen-bond acceptors (Lipinski definition) is 6. The van der Waals surface area contributed by atoms with Crippen LogP contribution in [0.5, 0.6) is 11.5 Å². The Kier molecular flexibility index (Phi) is 5.78. The molecule has 33 heavy (non-hydrogen) atoms. The summed E-state index contributed by atoms with van der Waals surface area (Å²) in [6.07, 6.45) is 1.43. The molecule has 9 heteroatoms. The summed E-state index contributed by atoms with van der Waals surface area (Å²) in [5.74, 6) is 1.19. The normalized spacial score (nSPS) is 12.7. The van der Waals surface area contributed by atoms with E-state index in [1.54, 1.807) is 24.1 Å². The zero-order chi connectivity index (χ0) is 22.9. The van der Waals surface area contributed by atoms with Gasteiger partial charge in [0.2, 0.25) is 5.91 Å². The van der Waals surface area contributed by atoms with Crippen LogP contribution in [0.4, 0.5) is 0 Å². The van der Waals surface area contributed by atoms with E-state index in [4.69, 9.17) is 21.1 Å². The number of aromatic nitrogens is 2. The predicted octanol–water partition coefficient (Wildman–Crippen LogP) is 4.21. The Balaban J connectivity index is 1.36. The van der Waals surface area contributed by atoms with Gasteiger partial charge in [-0.05, 0) is 35.4 Å². The van der Waals surface area contributed by atoms with Crippen molar-refractivity contribution in [1.82, 2.24) is 14.5 Å². The van der Waals surface area contributed by atoms with E-state index in [-0.39, 0.29) is 18.0 Å². The molecule has 1 aliphatic heterocycles. The second-order valence-electron chi connectivity index (χ2n) is 7.74. The van der Waals surface area contributed by atoms with Crippen LogP contribution >= 0.6 is 22.9 Å². The molecule has 2 aromatic heterocycles. The van der Waals surface area contributed by atoms with Gasteiger partial charge < -0.3 is 14.4 Å². The number of halogens is 1. The number of nitrogens with zero attached hydrogens (tertiary/aromatic N) is 3. The molecule has 1 aliphatic rings. The Bertz CT molecular complexity index is 1400. The molecule has 0 aliphatic carbocycles. The summed E-state index contributed by atoms with van der Waals surface area (Å²) in [5, 5.41) is 3.04. The van der Waals surface area contributed by atoms with Crippen LogP contribution in [0.15, 0.2) is 59.0 Å². The molecule has 5 rings (SSSR count). The SMILES string of the molecule is CN(Cc1ccc2c(c1)OCCO2)C(=O)Cn1cnc2scc(-c3ccc(Cl)cc3)c2c1=O. The standard InChI is InChI=1S/C24H20ClN3O4S/c1-27(11-15-2-7-19-20(10-15)32-9-8-31-19)21(29)12-28-14-26-23-22(24(28)30)18(13-33-23)16-3-5-17(25)6-4-16/h2-7,10,13-14H,8-9,11-12H2,1H3. The number of thiophene rings is 1. The van der Waals surface area contributed by atoms with Gasteiger partial charge in [-0.25, -0.2) is 4.98 Å². The van der Waals surface area contributed by atoms with E-state index in [1.807, 2.05) is 35.7 Å². The molecule has 0 atom stereocenters. The quantitative estimate of drug-likeness (QED) is 0.427. The zero-order valence-corrected chi connectivity index (χ0v) is 19.4. The van der Waals surface area contributed by atoms with Gasteiger partial charge in [-0.1, -0.05) is 29.8 Å². The minimum Gasteiger partial charge on any atom is -0.486 e. The minimum atomic E-state index is -0.243. The number of rotatable bonds is 5. The van der Waals surface area contributed by atoms with Crippen molar-refractivity contribution in [1.29, 1.82) is 0 Å². The molecule has 0 radical (unpaired) electrons. The summed E-state index contributed by atoms with van der Waals surface area (Å²) in [7, 11) is 1.71. The van der Waals surface area contributed by atoms with Crippen LogP contribution in [0.2, 0.25) is 5.02 Å². The number of fused-ring (bicyclic) bond motifs is 2. The van der Waals surface area contributed by atoms with E-state index in [0.29, 0.717) is 46.5 Å². The Morgan fingerprint density at radius 2 is 1.91 bits per heavy atom. The van der Waals surface area contributed by atoms with Gasteiger partial charge >= 0.3 is 0 Å². The van der Waals surface area contributed by atoms with Crippen LogP contribution in [0, 0.1) is 0 Å². The van der Waals surface area contributed by atoms with Gasteiger partial charge in [-0.15, -0.1) is 11.3 Å². The second-order valence-corrected chi connectivity index (χ2v) is 9.04. The average molecular weight is 482 g/mol. The van der Waals surface area contributed by atoms with E-state index >= 15 is 0 Å². The topological polar surface area (TPSA) is 73.7 Å². The maximum absolute atomic E-state index is 13.2. The molecule has 2 aromatic carbocycles. The first-order valence-corrected chi connectivity index (χ1v) is 11.6. The molecule has 0 saturated carbocycles. The molecule has 0 unspecified atom stereocenters. The summed E-state index contributed by atoms with van der Waals surface area (Å²) >= 11 is 7.40. The number of benzene rings is 2. The van der Waals surface area contributed by atoms with Crippen LogP contribution < -0.4 is 15.0 Å². The van der Waals surface area contributed by atoms with Gasteiger partial charge in [0.05, 0.1) is 11.7 Å². The lowest BCUT2D eigenvalue weighted by Crippen LogP contribution is -2.33. The van der Waals surface area contributed by atoms with E-state index < -0.39 is 0 Å². The molecule has 7 nitrogen and oxygen atoms in total. The Hall–Kier alpha value is -3.36. The van der Waals surface area contributed by atoms with Gasteiger partial charge in [-0.3, -0.25) is 14.2 Å². The van der Waals surface area contributed by atoms with Crippen molar-refractivity contribution in [2.24, 2.45) is 0 Å². The summed E-state index contributed by atoms with van der Waals surface area (Å²) in [6, 6.07) is 12.9.